The molecule has 2 N–H and O–H groups in total. The van der Waals surface area contributed by atoms with Crippen LogP contribution >= 0.6 is 0 Å². The second kappa shape index (κ2) is 3.66. The highest BCUT2D eigenvalue weighted by atomic mass is 16.4. The van der Waals surface area contributed by atoms with Crippen molar-refractivity contribution in [1.82, 2.24) is 5.32 Å². The van der Waals surface area contributed by atoms with Gasteiger partial charge in [0.15, 0.2) is 0 Å². The topological polar surface area (TPSA) is 49.3 Å². The average Bonchev–Trinajstić information content (AvgIpc) is 1.97. The van der Waals surface area contributed by atoms with Crippen LogP contribution in [0, 0.1) is 5.41 Å². The molecule has 0 aromatic rings. The second-order valence-corrected chi connectivity index (χ2v) is 4.75. The van der Waals surface area contributed by atoms with E-state index in [1.165, 1.54) is 0 Å². The van der Waals surface area contributed by atoms with E-state index in [0.29, 0.717) is 6.04 Å². The molecule has 3 heteroatoms. The molecule has 2 unspecified atom stereocenters. The molecule has 0 aliphatic carbocycles. The Labute approximate surface area is 79.5 Å². The Hall–Kier alpha value is -0.570. The summed E-state index contributed by atoms with van der Waals surface area (Å²) in [6.07, 6.45) is 2.49. The molecule has 13 heavy (non-hydrogen) atoms. The van der Waals surface area contributed by atoms with Gasteiger partial charge in [-0.2, -0.15) is 0 Å². The van der Waals surface area contributed by atoms with Crippen LogP contribution in [0.2, 0.25) is 0 Å². The van der Waals surface area contributed by atoms with Crippen LogP contribution in [-0.4, -0.2) is 23.2 Å². The van der Waals surface area contributed by atoms with Crippen molar-refractivity contribution in [2.45, 2.75) is 52.1 Å². The molecule has 0 bridgehead atoms. The number of carboxylic acids is 1. The SMILES string of the molecule is CC1CCC(C)(C)C(CC(=O)O)N1. The Morgan fingerprint density at radius 2 is 2.23 bits per heavy atom. The quantitative estimate of drug-likeness (QED) is 0.687. The highest BCUT2D eigenvalue weighted by molar-refractivity contribution is 5.67. The van der Waals surface area contributed by atoms with Crippen LogP contribution in [0.15, 0.2) is 0 Å². The molecule has 1 rings (SSSR count). The standard InChI is InChI=1S/C10H19NO2/c1-7-4-5-10(2,3)8(11-7)6-9(12)13/h7-8,11H,4-6H2,1-3H3,(H,12,13). The third-order valence-corrected chi connectivity index (χ3v) is 3.03. The maximum atomic E-state index is 10.6. The lowest BCUT2D eigenvalue weighted by Crippen LogP contribution is -2.51. The normalized spacial score (nSPS) is 32.8. The lowest BCUT2D eigenvalue weighted by Gasteiger charge is -2.41. The number of carbonyl (C=O) groups is 1. The summed E-state index contributed by atoms with van der Waals surface area (Å²) in [6, 6.07) is 0.575. The third-order valence-electron chi connectivity index (χ3n) is 3.03. The zero-order valence-corrected chi connectivity index (χ0v) is 8.63. The van der Waals surface area contributed by atoms with E-state index >= 15 is 0 Å². The van der Waals surface area contributed by atoms with Gasteiger partial charge in [0.1, 0.15) is 0 Å². The van der Waals surface area contributed by atoms with Gasteiger partial charge in [-0.05, 0) is 25.2 Å². The predicted molar refractivity (Wildman–Crippen MR) is 51.7 cm³/mol. The summed E-state index contributed by atoms with van der Waals surface area (Å²) >= 11 is 0. The lowest BCUT2D eigenvalue weighted by molar-refractivity contribution is -0.138. The van der Waals surface area contributed by atoms with Crippen LogP contribution in [0.4, 0.5) is 0 Å². The van der Waals surface area contributed by atoms with Crippen molar-refractivity contribution in [2.24, 2.45) is 5.41 Å². The number of hydrogen-bond donors (Lipinski definition) is 2. The van der Waals surface area contributed by atoms with Gasteiger partial charge in [-0.3, -0.25) is 4.79 Å². The minimum Gasteiger partial charge on any atom is -0.481 e. The zero-order chi connectivity index (χ0) is 10.1. The Balaban J connectivity index is 2.61. The molecule has 0 amide bonds. The number of aliphatic carboxylic acids is 1. The third kappa shape index (κ3) is 2.69. The van der Waals surface area contributed by atoms with Gasteiger partial charge in [-0.25, -0.2) is 0 Å². The molecule has 0 saturated carbocycles. The number of rotatable bonds is 2. The zero-order valence-electron chi connectivity index (χ0n) is 8.63. The van der Waals surface area contributed by atoms with Crippen molar-refractivity contribution in [1.29, 1.82) is 0 Å². The van der Waals surface area contributed by atoms with Crippen molar-refractivity contribution < 1.29 is 9.90 Å². The van der Waals surface area contributed by atoms with Gasteiger partial charge in [0.2, 0.25) is 0 Å². The van der Waals surface area contributed by atoms with E-state index in [2.05, 4.69) is 26.1 Å². The van der Waals surface area contributed by atoms with Crippen LogP contribution in [0.25, 0.3) is 0 Å². The van der Waals surface area contributed by atoms with Gasteiger partial charge in [0, 0.05) is 12.1 Å². The Morgan fingerprint density at radius 1 is 1.62 bits per heavy atom. The summed E-state index contributed by atoms with van der Waals surface area (Å²) < 4.78 is 0. The number of nitrogens with one attached hydrogen (secondary N) is 1. The first-order valence-electron chi connectivity index (χ1n) is 4.89. The Morgan fingerprint density at radius 3 is 2.77 bits per heavy atom. The fraction of sp³-hybridized carbons (Fsp3) is 0.900. The molecule has 1 fully saturated rings. The average molecular weight is 185 g/mol. The number of carboxylic acid groups (broad SMARTS) is 1. The summed E-state index contributed by atoms with van der Waals surface area (Å²) in [5.74, 6) is -0.709. The Bertz CT molecular complexity index is 201. The van der Waals surface area contributed by atoms with E-state index in [1.54, 1.807) is 0 Å². The van der Waals surface area contributed by atoms with Crippen molar-refractivity contribution in [3.8, 4) is 0 Å². The highest BCUT2D eigenvalue weighted by Gasteiger charge is 2.35. The first-order valence-corrected chi connectivity index (χ1v) is 4.89. The maximum absolute atomic E-state index is 10.6. The van der Waals surface area contributed by atoms with Crippen molar-refractivity contribution in [2.75, 3.05) is 0 Å². The van der Waals surface area contributed by atoms with Crippen LogP contribution in [0.1, 0.15) is 40.0 Å². The molecular formula is C10H19NO2. The Kier molecular flexibility index (Phi) is 2.96. The monoisotopic (exact) mass is 185 g/mol. The summed E-state index contributed by atoms with van der Waals surface area (Å²) in [4.78, 5) is 10.6. The molecule has 1 saturated heterocycles. The van der Waals surface area contributed by atoms with Crippen LogP contribution in [0.5, 0.6) is 0 Å². The van der Waals surface area contributed by atoms with E-state index < -0.39 is 5.97 Å². The molecule has 2 atom stereocenters. The van der Waals surface area contributed by atoms with E-state index in [0.717, 1.165) is 12.8 Å². The van der Waals surface area contributed by atoms with Gasteiger partial charge < -0.3 is 10.4 Å². The largest absolute Gasteiger partial charge is 0.481 e. The summed E-state index contributed by atoms with van der Waals surface area (Å²) in [5, 5.41) is 12.1. The van der Waals surface area contributed by atoms with Crippen molar-refractivity contribution in [3.05, 3.63) is 0 Å². The van der Waals surface area contributed by atoms with Crippen LogP contribution < -0.4 is 5.32 Å². The molecule has 3 nitrogen and oxygen atoms in total. The van der Waals surface area contributed by atoms with E-state index in [-0.39, 0.29) is 17.9 Å². The molecule has 1 aliphatic heterocycles. The minimum absolute atomic E-state index is 0.116. The summed E-state index contributed by atoms with van der Waals surface area (Å²) in [5.41, 5.74) is 0.116. The fourth-order valence-corrected chi connectivity index (χ4v) is 1.92. The van der Waals surface area contributed by atoms with Gasteiger partial charge in [0.25, 0.3) is 0 Å². The lowest BCUT2D eigenvalue weighted by atomic mass is 9.74. The molecule has 0 aromatic heterocycles. The fourth-order valence-electron chi connectivity index (χ4n) is 1.92. The molecule has 0 spiro atoms. The molecule has 0 radical (unpaired) electrons. The first kappa shape index (κ1) is 10.5. The van der Waals surface area contributed by atoms with E-state index in [1.807, 2.05) is 0 Å². The van der Waals surface area contributed by atoms with Gasteiger partial charge in [0.05, 0.1) is 6.42 Å². The molecule has 1 aliphatic rings. The molecule has 0 aromatic carbocycles. The van der Waals surface area contributed by atoms with Crippen LogP contribution in [-0.2, 0) is 4.79 Å². The molecule has 1 heterocycles. The second-order valence-electron chi connectivity index (χ2n) is 4.75. The van der Waals surface area contributed by atoms with Gasteiger partial charge >= 0.3 is 5.97 Å². The summed E-state index contributed by atoms with van der Waals surface area (Å²) in [6.45, 7) is 6.39. The van der Waals surface area contributed by atoms with Crippen LogP contribution in [0.3, 0.4) is 0 Å². The summed E-state index contributed by atoms with van der Waals surface area (Å²) in [7, 11) is 0. The predicted octanol–water partition coefficient (Wildman–Crippen LogP) is 1.63. The smallest absolute Gasteiger partial charge is 0.304 e. The number of hydrogen-bond acceptors (Lipinski definition) is 2. The van der Waals surface area contributed by atoms with Gasteiger partial charge in [-0.1, -0.05) is 13.8 Å². The molecular weight excluding hydrogens is 166 g/mol. The molecule has 76 valence electrons. The van der Waals surface area contributed by atoms with E-state index in [9.17, 15) is 4.79 Å². The first-order chi connectivity index (χ1) is 5.92. The minimum atomic E-state index is -0.709. The number of piperidine rings is 1. The maximum Gasteiger partial charge on any atom is 0.304 e. The van der Waals surface area contributed by atoms with Crippen molar-refractivity contribution >= 4 is 5.97 Å². The van der Waals surface area contributed by atoms with Crippen molar-refractivity contribution in [3.63, 3.8) is 0 Å². The highest BCUT2D eigenvalue weighted by Crippen LogP contribution is 2.33. The van der Waals surface area contributed by atoms with E-state index in [4.69, 9.17) is 5.11 Å². The van der Waals surface area contributed by atoms with Gasteiger partial charge in [-0.15, -0.1) is 0 Å².